The zero-order chi connectivity index (χ0) is 15.2. The van der Waals surface area contributed by atoms with Crippen molar-refractivity contribution in [3.63, 3.8) is 0 Å². The Balaban J connectivity index is 2.01. The van der Waals surface area contributed by atoms with E-state index in [2.05, 4.69) is 0 Å². The van der Waals surface area contributed by atoms with E-state index in [1.165, 1.54) is 0 Å². The van der Waals surface area contributed by atoms with Gasteiger partial charge in [0.05, 0.1) is 20.6 Å². The van der Waals surface area contributed by atoms with Crippen molar-refractivity contribution in [3.8, 4) is 11.5 Å². The van der Waals surface area contributed by atoms with Crippen molar-refractivity contribution in [1.29, 1.82) is 0 Å². The van der Waals surface area contributed by atoms with E-state index in [4.69, 9.17) is 9.47 Å². The molecule has 2 rings (SSSR count). The first-order chi connectivity index (χ1) is 10.2. The Morgan fingerprint density at radius 2 is 1.90 bits per heavy atom. The van der Waals surface area contributed by atoms with Gasteiger partial charge in [0.25, 0.3) is 0 Å². The van der Waals surface area contributed by atoms with Gasteiger partial charge in [0.1, 0.15) is 11.5 Å². The summed E-state index contributed by atoms with van der Waals surface area (Å²) in [5.74, 6) is 1.39. The molecule has 1 aliphatic heterocycles. The van der Waals surface area contributed by atoms with Crippen LogP contribution in [0.5, 0.6) is 11.5 Å². The summed E-state index contributed by atoms with van der Waals surface area (Å²) >= 11 is 0. The Morgan fingerprint density at radius 1 is 1.19 bits per heavy atom. The first-order valence-electron chi connectivity index (χ1n) is 6.86. The number of carbonyl (C=O) groups excluding carboxylic acids is 2. The molecule has 21 heavy (non-hydrogen) atoms. The van der Waals surface area contributed by atoms with Crippen LogP contribution in [0.15, 0.2) is 18.2 Å². The van der Waals surface area contributed by atoms with Gasteiger partial charge in [0, 0.05) is 37.8 Å². The van der Waals surface area contributed by atoms with Crippen LogP contribution in [-0.4, -0.2) is 62.5 Å². The minimum atomic E-state index is 0.0454. The molecule has 1 aromatic carbocycles. The highest BCUT2D eigenvalue weighted by molar-refractivity contribution is 5.80. The molecule has 0 saturated carbocycles. The molecular weight excluding hydrogens is 272 g/mol. The fraction of sp³-hybridized carbons (Fsp3) is 0.467. The first kappa shape index (κ1) is 15.2. The van der Waals surface area contributed by atoms with Crippen LogP contribution < -0.4 is 9.47 Å². The molecular formula is C15H20N2O4. The van der Waals surface area contributed by atoms with Gasteiger partial charge in [-0.3, -0.25) is 9.59 Å². The number of benzene rings is 1. The van der Waals surface area contributed by atoms with Crippen LogP contribution in [-0.2, 0) is 16.0 Å². The molecule has 1 fully saturated rings. The third kappa shape index (κ3) is 3.65. The van der Waals surface area contributed by atoms with Gasteiger partial charge in [-0.1, -0.05) is 6.07 Å². The minimum Gasteiger partial charge on any atom is -0.497 e. The van der Waals surface area contributed by atoms with Crippen molar-refractivity contribution in [3.05, 3.63) is 23.8 Å². The van der Waals surface area contributed by atoms with Gasteiger partial charge in [-0.05, 0) is 6.07 Å². The lowest BCUT2D eigenvalue weighted by molar-refractivity contribution is -0.134. The van der Waals surface area contributed by atoms with Crippen molar-refractivity contribution >= 4 is 12.3 Å². The maximum atomic E-state index is 12.3. The molecule has 0 atom stereocenters. The van der Waals surface area contributed by atoms with E-state index in [1.54, 1.807) is 30.1 Å². The zero-order valence-corrected chi connectivity index (χ0v) is 12.4. The Hall–Kier alpha value is -2.24. The van der Waals surface area contributed by atoms with Crippen LogP contribution in [0.1, 0.15) is 5.56 Å². The fourth-order valence-electron chi connectivity index (χ4n) is 2.35. The predicted molar refractivity (Wildman–Crippen MR) is 77.5 cm³/mol. The lowest BCUT2D eigenvalue weighted by Crippen LogP contribution is -2.48. The first-order valence-corrected chi connectivity index (χ1v) is 6.86. The van der Waals surface area contributed by atoms with Gasteiger partial charge < -0.3 is 19.3 Å². The highest BCUT2D eigenvalue weighted by Gasteiger charge is 2.21. The number of ether oxygens (including phenoxy) is 2. The van der Waals surface area contributed by atoms with Crippen molar-refractivity contribution < 1.29 is 19.1 Å². The molecule has 0 spiro atoms. The van der Waals surface area contributed by atoms with Gasteiger partial charge in [0.15, 0.2) is 0 Å². The average molecular weight is 292 g/mol. The molecule has 6 heteroatoms. The van der Waals surface area contributed by atoms with Gasteiger partial charge >= 0.3 is 0 Å². The number of rotatable bonds is 5. The van der Waals surface area contributed by atoms with Crippen LogP contribution in [0, 0.1) is 0 Å². The van der Waals surface area contributed by atoms with Gasteiger partial charge in [-0.25, -0.2) is 0 Å². The second-order valence-corrected chi connectivity index (χ2v) is 4.88. The van der Waals surface area contributed by atoms with E-state index < -0.39 is 0 Å². The summed E-state index contributed by atoms with van der Waals surface area (Å²) in [5, 5.41) is 0. The quantitative estimate of drug-likeness (QED) is 0.744. The van der Waals surface area contributed by atoms with Crippen molar-refractivity contribution in [2.45, 2.75) is 6.42 Å². The maximum absolute atomic E-state index is 12.3. The van der Waals surface area contributed by atoms with Crippen LogP contribution in [0.4, 0.5) is 0 Å². The Bertz CT molecular complexity index is 510. The van der Waals surface area contributed by atoms with Gasteiger partial charge in [-0.15, -0.1) is 0 Å². The Labute approximate surface area is 124 Å². The second kappa shape index (κ2) is 6.97. The molecule has 1 aliphatic rings. The third-order valence-corrected chi connectivity index (χ3v) is 3.65. The lowest BCUT2D eigenvalue weighted by Gasteiger charge is -2.32. The molecule has 0 radical (unpaired) electrons. The highest BCUT2D eigenvalue weighted by atomic mass is 16.5. The minimum absolute atomic E-state index is 0.0454. The predicted octanol–water partition coefficient (Wildman–Crippen LogP) is 0.547. The standard InChI is InChI=1S/C15H20N2O4/c1-20-13-4-3-12(14(10-13)21-2)9-15(19)17-7-5-16(11-18)6-8-17/h3-4,10-11H,5-9H2,1-2H3. The van der Waals surface area contributed by atoms with Gasteiger partial charge in [0.2, 0.25) is 12.3 Å². The van der Waals surface area contributed by atoms with Crippen LogP contribution in [0.25, 0.3) is 0 Å². The molecule has 0 aliphatic carbocycles. The molecule has 2 amide bonds. The largest absolute Gasteiger partial charge is 0.497 e. The maximum Gasteiger partial charge on any atom is 0.227 e. The van der Waals surface area contributed by atoms with E-state index in [1.807, 2.05) is 12.1 Å². The number of carbonyl (C=O) groups is 2. The fourth-order valence-corrected chi connectivity index (χ4v) is 2.35. The third-order valence-electron chi connectivity index (χ3n) is 3.65. The summed E-state index contributed by atoms with van der Waals surface area (Å²) in [6, 6.07) is 5.43. The van der Waals surface area contributed by atoms with E-state index in [-0.39, 0.29) is 12.3 Å². The number of hydrogen-bond donors (Lipinski definition) is 0. The summed E-state index contributed by atoms with van der Waals surface area (Å²) in [5.41, 5.74) is 0.834. The topological polar surface area (TPSA) is 59.1 Å². The van der Waals surface area contributed by atoms with E-state index >= 15 is 0 Å². The summed E-state index contributed by atoms with van der Waals surface area (Å²) < 4.78 is 10.4. The molecule has 0 unspecified atom stereocenters. The molecule has 1 aromatic rings. The van der Waals surface area contributed by atoms with Crippen LogP contribution in [0.3, 0.4) is 0 Å². The molecule has 0 aromatic heterocycles. The number of amides is 2. The number of methoxy groups -OCH3 is 2. The average Bonchev–Trinajstić information content (AvgIpc) is 2.55. The molecule has 1 saturated heterocycles. The van der Waals surface area contributed by atoms with Gasteiger partial charge in [-0.2, -0.15) is 0 Å². The molecule has 0 bridgehead atoms. The Kier molecular flexibility index (Phi) is 5.03. The molecule has 114 valence electrons. The summed E-state index contributed by atoms with van der Waals surface area (Å²) in [4.78, 5) is 26.4. The van der Waals surface area contributed by atoms with E-state index in [0.717, 1.165) is 12.0 Å². The van der Waals surface area contributed by atoms with Crippen molar-refractivity contribution in [2.75, 3.05) is 40.4 Å². The molecule has 1 heterocycles. The summed E-state index contributed by atoms with van der Waals surface area (Å²) in [6.45, 7) is 2.34. The summed E-state index contributed by atoms with van der Waals surface area (Å²) in [6.07, 6.45) is 1.11. The zero-order valence-electron chi connectivity index (χ0n) is 12.4. The highest BCUT2D eigenvalue weighted by Crippen LogP contribution is 2.25. The van der Waals surface area contributed by atoms with Crippen LogP contribution in [0.2, 0.25) is 0 Å². The van der Waals surface area contributed by atoms with E-state index in [9.17, 15) is 9.59 Å². The number of nitrogens with zero attached hydrogens (tertiary/aromatic N) is 2. The molecule has 0 N–H and O–H groups in total. The normalized spacial score (nSPS) is 14.8. The Morgan fingerprint density at radius 3 is 2.48 bits per heavy atom. The lowest BCUT2D eigenvalue weighted by atomic mass is 10.1. The van der Waals surface area contributed by atoms with E-state index in [0.29, 0.717) is 37.7 Å². The number of hydrogen-bond acceptors (Lipinski definition) is 4. The monoisotopic (exact) mass is 292 g/mol. The second-order valence-electron chi connectivity index (χ2n) is 4.88. The summed E-state index contributed by atoms with van der Waals surface area (Å²) in [7, 11) is 3.16. The smallest absolute Gasteiger partial charge is 0.227 e. The number of piperazine rings is 1. The van der Waals surface area contributed by atoms with Crippen molar-refractivity contribution in [1.82, 2.24) is 9.80 Å². The SMILES string of the molecule is COc1ccc(CC(=O)N2CCN(C=O)CC2)c(OC)c1. The van der Waals surface area contributed by atoms with Crippen molar-refractivity contribution in [2.24, 2.45) is 0 Å². The molecule has 6 nitrogen and oxygen atoms in total. The van der Waals surface area contributed by atoms with Crippen LogP contribution >= 0.6 is 0 Å².